The standard InChI is InChI=1S/C34H38N6O7/c1-20-31(43)40-17-5-6-25(37-40)29(41)38-39(4)28-14-13-23-10-7-22(18-26(23)36-28)15-16-34(2,3)33(46)47-27(30(42)35-20)19-21-8-11-24(12-9-21)32(44)45/h7-16,18,20,25,27,37H,5-6,17,19H2,1-4H3,(H,35,42)(H,38,41)(H,44,45)/b16-15+/t20-,25-,27?/m0/s1. The molecule has 0 spiro atoms. The molecule has 246 valence electrons. The number of nitrogens with one attached hydrogen (secondary N) is 3. The Bertz CT molecular complexity index is 1740. The number of esters is 1. The highest BCUT2D eigenvalue weighted by Gasteiger charge is 2.35. The van der Waals surface area contributed by atoms with E-state index in [0.29, 0.717) is 36.3 Å². The van der Waals surface area contributed by atoms with Crippen molar-refractivity contribution in [2.75, 3.05) is 18.6 Å². The second-order valence-corrected chi connectivity index (χ2v) is 12.4. The molecule has 13 nitrogen and oxygen atoms in total. The number of carbonyl (C=O) groups excluding carboxylic acids is 4. The average Bonchev–Trinajstić information content (AvgIpc) is 3.06. The molecule has 3 atom stereocenters. The van der Waals surface area contributed by atoms with Crippen LogP contribution >= 0.6 is 0 Å². The summed E-state index contributed by atoms with van der Waals surface area (Å²) in [5.41, 5.74) is 6.72. The van der Waals surface area contributed by atoms with Crippen LogP contribution < -0.4 is 21.2 Å². The Hall–Kier alpha value is -5.30. The Morgan fingerprint density at radius 1 is 1.04 bits per heavy atom. The lowest BCUT2D eigenvalue weighted by atomic mass is 9.92. The molecule has 4 N–H and O–H groups in total. The lowest BCUT2D eigenvalue weighted by molar-refractivity contribution is -0.162. The summed E-state index contributed by atoms with van der Waals surface area (Å²) in [4.78, 5) is 69.8. The van der Waals surface area contributed by atoms with Gasteiger partial charge in [-0.25, -0.2) is 15.2 Å². The van der Waals surface area contributed by atoms with E-state index < -0.39 is 47.4 Å². The summed E-state index contributed by atoms with van der Waals surface area (Å²) < 4.78 is 5.80. The third kappa shape index (κ3) is 7.75. The van der Waals surface area contributed by atoms with Gasteiger partial charge in [-0.15, -0.1) is 0 Å². The summed E-state index contributed by atoms with van der Waals surface area (Å²) in [6.07, 6.45) is 3.09. The number of ether oxygens (including phenoxy) is 1. The fourth-order valence-corrected chi connectivity index (χ4v) is 5.29. The summed E-state index contributed by atoms with van der Waals surface area (Å²) in [6, 6.07) is 13.5. The molecule has 1 unspecified atom stereocenters. The van der Waals surface area contributed by atoms with Gasteiger partial charge in [0.15, 0.2) is 6.10 Å². The van der Waals surface area contributed by atoms with E-state index in [0.717, 1.165) is 10.9 Å². The smallest absolute Gasteiger partial charge is 0.335 e. The van der Waals surface area contributed by atoms with E-state index in [1.807, 2.05) is 24.3 Å². The van der Waals surface area contributed by atoms with Crippen molar-refractivity contribution in [3.63, 3.8) is 0 Å². The predicted octanol–water partition coefficient (Wildman–Crippen LogP) is 2.61. The number of hydrazine groups is 2. The molecule has 0 radical (unpaired) electrons. The topological polar surface area (TPSA) is 170 Å². The first-order valence-corrected chi connectivity index (χ1v) is 15.4. The molecule has 2 aliphatic heterocycles. The van der Waals surface area contributed by atoms with E-state index >= 15 is 0 Å². The molecule has 47 heavy (non-hydrogen) atoms. The average molecular weight is 643 g/mol. The number of cyclic esters (lactones) is 1. The molecular formula is C34H38N6O7. The molecule has 5 rings (SSSR count). The van der Waals surface area contributed by atoms with Crippen LogP contribution in [0.4, 0.5) is 5.82 Å². The Labute approximate surface area is 271 Å². The molecular weight excluding hydrogens is 604 g/mol. The molecule has 0 aliphatic carbocycles. The minimum absolute atomic E-state index is 0.0609. The number of amides is 3. The van der Waals surface area contributed by atoms with Crippen LogP contribution in [0.2, 0.25) is 0 Å². The number of hydrogen-bond donors (Lipinski definition) is 4. The van der Waals surface area contributed by atoms with Crippen LogP contribution in [0.25, 0.3) is 17.0 Å². The van der Waals surface area contributed by atoms with Gasteiger partial charge in [0.05, 0.1) is 16.5 Å². The fourth-order valence-electron chi connectivity index (χ4n) is 5.29. The van der Waals surface area contributed by atoms with Crippen LogP contribution in [0.1, 0.15) is 55.1 Å². The van der Waals surface area contributed by atoms with Gasteiger partial charge in [-0.2, -0.15) is 0 Å². The predicted molar refractivity (Wildman–Crippen MR) is 174 cm³/mol. The fraction of sp³-hybridized carbons (Fsp3) is 0.353. The second-order valence-electron chi connectivity index (χ2n) is 12.4. The molecule has 1 saturated heterocycles. The first-order chi connectivity index (χ1) is 22.3. The zero-order valence-electron chi connectivity index (χ0n) is 26.6. The lowest BCUT2D eigenvalue weighted by Crippen LogP contribution is -2.62. The van der Waals surface area contributed by atoms with Gasteiger partial charge in [0.2, 0.25) is 0 Å². The Morgan fingerprint density at radius 3 is 2.49 bits per heavy atom. The third-order valence-corrected chi connectivity index (χ3v) is 8.20. The molecule has 13 heteroatoms. The highest BCUT2D eigenvalue weighted by molar-refractivity contribution is 5.92. The van der Waals surface area contributed by atoms with Crippen molar-refractivity contribution in [3.8, 4) is 0 Å². The van der Waals surface area contributed by atoms with E-state index in [1.165, 1.54) is 29.1 Å². The second kappa shape index (κ2) is 13.6. The van der Waals surface area contributed by atoms with Gasteiger partial charge in [-0.1, -0.05) is 36.4 Å². The highest BCUT2D eigenvalue weighted by Crippen LogP contribution is 2.25. The highest BCUT2D eigenvalue weighted by atomic mass is 16.5. The third-order valence-electron chi connectivity index (χ3n) is 8.20. The molecule has 5 bridgehead atoms. The molecule has 2 aromatic carbocycles. The van der Waals surface area contributed by atoms with Crippen molar-refractivity contribution < 1.29 is 33.8 Å². The molecule has 3 aromatic rings. The number of benzene rings is 2. The summed E-state index contributed by atoms with van der Waals surface area (Å²) in [6.45, 7) is 5.16. The number of aromatic carboxylic acids is 1. The minimum atomic E-state index is -1.33. The number of anilines is 1. The lowest BCUT2D eigenvalue weighted by Gasteiger charge is -2.35. The number of fused-ring (bicyclic) bond motifs is 4. The molecule has 1 aromatic heterocycles. The van der Waals surface area contributed by atoms with Crippen LogP contribution in [0.5, 0.6) is 0 Å². The van der Waals surface area contributed by atoms with Crippen LogP contribution in [0, 0.1) is 5.41 Å². The maximum atomic E-state index is 13.6. The van der Waals surface area contributed by atoms with Crippen molar-refractivity contribution in [1.29, 1.82) is 0 Å². The maximum absolute atomic E-state index is 13.6. The Balaban J connectivity index is 1.49. The monoisotopic (exact) mass is 642 g/mol. The van der Waals surface area contributed by atoms with Gasteiger partial charge < -0.3 is 15.2 Å². The molecule has 0 saturated carbocycles. The van der Waals surface area contributed by atoms with Gasteiger partial charge in [0.1, 0.15) is 17.9 Å². The molecule has 1 fully saturated rings. The van der Waals surface area contributed by atoms with Crippen molar-refractivity contribution in [2.45, 2.75) is 58.2 Å². The largest absolute Gasteiger partial charge is 0.478 e. The number of carbonyl (C=O) groups is 5. The molecule has 3 heterocycles. The summed E-state index contributed by atoms with van der Waals surface area (Å²) >= 11 is 0. The number of nitrogens with zero attached hydrogens (tertiary/aromatic N) is 3. The van der Waals surface area contributed by atoms with E-state index in [4.69, 9.17) is 9.72 Å². The molecule has 3 amide bonds. The van der Waals surface area contributed by atoms with Crippen molar-refractivity contribution in [1.82, 2.24) is 26.2 Å². The van der Waals surface area contributed by atoms with E-state index in [1.54, 1.807) is 51.2 Å². The van der Waals surface area contributed by atoms with Gasteiger partial charge in [-0.05, 0) is 75.1 Å². The van der Waals surface area contributed by atoms with Crippen molar-refractivity contribution >= 4 is 52.5 Å². The van der Waals surface area contributed by atoms with E-state index in [9.17, 15) is 29.1 Å². The number of hydrogen-bond acceptors (Lipinski definition) is 9. The molecule has 2 aliphatic rings. The quantitative estimate of drug-likeness (QED) is 0.312. The zero-order valence-corrected chi connectivity index (χ0v) is 26.6. The summed E-state index contributed by atoms with van der Waals surface area (Å²) in [7, 11) is 1.68. The van der Waals surface area contributed by atoms with Crippen LogP contribution in [-0.4, -0.2) is 76.5 Å². The first kappa shape index (κ1) is 33.1. The van der Waals surface area contributed by atoms with Gasteiger partial charge in [-0.3, -0.25) is 34.6 Å². The van der Waals surface area contributed by atoms with Crippen LogP contribution in [-0.2, 0) is 30.3 Å². The Kier molecular flexibility index (Phi) is 9.56. The van der Waals surface area contributed by atoms with E-state index in [-0.39, 0.29) is 17.9 Å². The Morgan fingerprint density at radius 2 is 1.77 bits per heavy atom. The zero-order chi connectivity index (χ0) is 33.9. The van der Waals surface area contributed by atoms with Crippen LogP contribution in [0.3, 0.4) is 0 Å². The normalized spacial score (nSPS) is 23.1. The summed E-state index contributed by atoms with van der Waals surface area (Å²) in [5.74, 6) is -2.79. The van der Waals surface area contributed by atoms with Crippen molar-refractivity contribution in [2.24, 2.45) is 5.41 Å². The van der Waals surface area contributed by atoms with Crippen molar-refractivity contribution in [3.05, 3.63) is 77.4 Å². The number of carboxylic acids is 1. The van der Waals surface area contributed by atoms with Gasteiger partial charge >= 0.3 is 11.9 Å². The number of rotatable bonds is 3. The minimum Gasteiger partial charge on any atom is -0.478 e. The SMILES string of the molecule is C[C@@H]1NC(=O)C(Cc2ccc(C(=O)O)cc2)OC(=O)C(C)(C)/C=C/c2ccc3ccc(nc3c2)N(C)NC(=O)[C@@H]2CCCN(N2)C1=O. The van der Waals surface area contributed by atoms with Crippen LogP contribution in [0.15, 0.2) is 60.7 Å². The van der Waals surface area contributed by atoms with E-state index in [2.05, 4.69) is 16.2 Å². The number of aromatic nitrogens is 1. The first-order valence-electron chi connectivity index (χ1n) is 15.4. The number of pyridine rings is 1. The maximum Gasteiger partial charge on any atom is 0.335 e. The summed E-state index contributed by atoms with van der Waals surface area (Å²) in [5, 5.41) is 15.6. The van der Waals surface area contributed by atoms with Gasteiger partial charge in [0.25, 0.3) is 17.7 Å². The van der Waals surface area contributed by atoms with Gasteiger partial charge in [0, 0.05) is 25.4 Å². The number of carboxylic acid groups (broad SMARTS) is 1.